The van der Waals surface area contributed by atoms with E-state index >= 15 is 0 Å². The number of imide groups is 1. The van der Waals surface area contributed by atoms with Crippen LogP contribution in [-0.4, -0.2) is 46.8 Å². The maximum Gasteiger partial charge on any atom is 0.326 e. The number of carbonyl (C=O) groups excluding carboxylic acids is 5. The molecule has 1 aliphatic heterocycles. The minimum atomic E-state index is -2.44. The van der Waals surface area contributed by atoms with Crippen molar-refractivity contribution in [2.45, 2.75) is 85.0 Å². The molecule has 0 N–H and O–H groups in total. The number of benzene rings is 3. The van der Waals surface area contributed by atoms with Crippen molar-refractivity contribution in [2.24, 2.45) is 11.3 Å². The van der Waals surface area contributed by atoms with Crippen LogP contribution in [0.1, 0.15) is 98.1 Å². The second kappa shape index (κ2) is 16.4. The number of hydrogen-bond acceptors (Lipinski definition) is 8. The smallest absolute Gasteiger partial charge is 0.326 e. The molecule has 4 rings (SSSR count). The van der Waals surface area contributed by atoms with E-state index in [0.717, 1.165) is 30.6 Å². The first kappa shape index (κ1) is 36.1. The number of rotatable bonds is 16. The van der Waals surface area contributed by atoms with Crippen molar-refractivity contribution < 1.29 is 38.2 Å². The maximum absolute atomic E-state index is 14.6. The van der Waals surface area contributed by atoms with Gasteiger partial charge >= 0.3 is 17.9 Å². The Bertz CT molecular complexity index is 1550. The Hall–Kier alpha value is -4.79. The quantitative estimate of drug-likeness (QED) is 0.0529. The van der Waals surface area contributed by atoms with Gasteiger partial charge in [0.15, 0.2) is 5.41 Å². The second-order valence-electron chi connectivity index (χ2n) is 13.1. The molecule has 3 aromatic rings. The number of fused-ring (bicyclic) bond motifs is 1. The summed E-state index contributed by atoms with van der Waals surface area (Å²) in [6.45, 7) is 5.92. The van der Waals surface area contributed by atoms with Gasteiger partial charge in [0.05, 0.1) is 23.6 Å². The molecule has 0 radical (unpaired) electrons. The predicted octanol–water partition coefficient (Wildman–Crippen LogP) is 7.07. The molecular weight excluding hydrogens is 610 g/mol. The number of ether oxygens (including phenoxy) is 3. The summed E-state index contributed by atoms with van der Waals surface area (Å²) in [6, 6.07) is 24.2. The van der Waals surface area contributed by atoms with Gasteiger partial charge in [-0.2, -0.15) is 0 Å². The van der Waals surface area contributed by atoms with Crippen LogP contribution in [0.2, 0.25) is 0 Å². The van der Waals surface area contributed by atoms with Crippen LogP contribution in [0.5, 0.6) is 0 Å². The number of amides is 2. The number of esters is 3. The Morgan fingerprint density at radius 2 is 1.17 bits per heavy atom. The lowest BCUT2D eigenvalue weighted by Crippen LogP contribution is -2.58. The zero-order valence-electron chi connectivity index (χ0n) is 28.2. The minimum absolute atomic E-state index is 0.0557. The second-order valence-corrected chi connectivity index (χ2v) is 13.1. The predicted molar refractivity (Wildman–Crippen MR) is 179 cm³/mol. The molecule has 0 aliphatic carbocycles. The SMILES string of the molecule is CCCCCCC[C@@H](C(=O)OCc1ccccc1)C(CN1C(=O)c2ccccc2C1=O)(C(=O)OCc1ccccc1)C(=O)OC(C)(C)C. The van der Waals surface area contributed by atoms with E-state index in [2.05, 4.69) is 6.92 Å². The van der Waals surface area contributed by atoms with Gasteiger partial charge in [-0.25, -0.2) is 0 Å². The van der Waals surface area contributed by atoms with Crippen molar-refractivity contribution in [3.05, 3.63) is 107 Å². The lowest BCUT2D eigenvalue weighted by Gasteiger charge is -2.39. The molecule has 254 valence electrons. The van der Waals surface area contributed by atoms with Crippen LogP contribution in [0.4, 0.5) is 0 Å². The summed E-state index contributed by atoms with van der Waals surface area (Å²) in [5.74, 6) is -5.77. The van der Waals surface area contributed by atoms with Gasteiger partial charge < -0.3 is 14.2 Å². The van der Waals surface area contributed by atoms with Gasteiger partial charge in [0.1, 0.15) is 18.8 Å². The van der Waals surface area contributed by atoms with Crippen LogP contribution in [0.15, 0.2) is 84.9 Å². The first-order valence-corrected chi connectivity index (χ1v) is 16.6. The van der Waals surface area contributed by atoms with E-state index in [-0.39, 0.29) is 30.8 Å². The zero-order chi connectivity index (χ0) is 34.7. The molecule has 3 aromatic carbocycles. The van der Waals surface area contributed by atoms with Gasteiger partial charge in [0, 0.05) is 0 Å². The largest absolute Gasteiger partial charge is 0.461 e. The third-order valence-electron chi connectivity index (χ3n) is 8.33. The molecule has 0 spiro atoms. The Labute approximate surface area is 282 Å². The molecule has 9 heteroatoms. The molecule has 0 fully saturated rings. The van der Waals surface area contributed by atoms with Gasteiger partial charge in [-0.3, -0.25) is 28.9 Å². The molecule has 0 saturated carbocycles. The molecule has 9 nitrogen and oxygen atoms in total. The third kappa shape index (κ3) is 8.76. The van der Waals surface area contributed by atoms with E-state index in [1.54, 1.807) is 69.3 Å². The zero-order valence-corrected chi connectivity index (χ0v) is 28.2. The van der Waals surface area contributed by atoms with Gasteiger partial charge in [-0.1, -0.05) is 112 Å². The van der Waals surface area contributed by atoms with Crippen molar-refractivity contribution in [2.75, 3.05) is 6.54 Å². The molecule has 0 bridgehead atoms. The average Bonchev–Trinajstić information content (AvgIpc) is 3.31. The summed E-state index contributed by atoms with van der Waals surface area (Å²) in [5, 5.41) is 0. The number of nitrogens with zero attached hydrogens (tertiary/aromatic N) is 1. The van der Waals surface area contributed by atoms with Crippen molar-refractivity contribution in [1.82, 2.24) is 4.90 Å². The molecule has 0 saturated heterocycles. The monoisotopic (exact) mass is 655 g/mol. The maximum atomic E-state index is 14.6. The van der Waals surface area contributed by atoms with E-state index in [0.29, 0.717) is 17.5 Å². The van der Waals surface area contributed by atoms with E-state index in [4.69, 9.17) is 14.2 Å². The normalized spacial score (nSPS) is 14.5. The topological polar surface area (TPSA) is 116 Å². The van der Waals surface area contributed by atoms with Crippen LogP contribution in [-0.2, 0) is 41.8 Å². The highest BCUT2D eigenvalue weighted by Gasteiger charge is 2.61. The molecule has 1 unspecified atom stereocenters. The highest BCUT2D eigenvalue weighted by atomic mass is 16.6. The van der Waals surface area contributed by atoms with Gasteiger partial charge in [0.2, 0.25) is 0 Å². The molecule has 2 amide bonds. The first-order chi connectivity index (χ1) is 23.0. The van der Waals surface area contributed by atoms with Gasteiger partial charge in [-0.15, -0.1) is 0 Å². The minimum Gasteiger partial charge on any atom is -0.461 e. The summed E-state index contributed by atoms with van der Waals surface area (Å²) in [4.78, 5) is 71.7. The summed E-state index contributed by atoms with van der Waals surface area (Å²) < 4.78 is 17.5. The van der Waals surface area contributed by atoms with Crippen molar-refractivity contribution in [3.8, 4) is 0 Å². The van der Waals surface area contributed by atoms with E-state index in [1.165, 1.54) is 12.1 Å². The first-order valence-electron chi connectivity index (χ1n) is 16.6. The third-order valence-corrected chi connectivity index (χ3v) is 8.33. The molecule has 2 atom stereocenters. The summed E-state index contributed by atoms with van der Waals surface area (Å²) in [6.07, 6.45) is 4.12. The van der Waals surface area contributed by atoms with Crippen molar-refractivity contribution in [1.29, 1.82) is 0 Å². The fourth-order valence-electron chi connectivity index (χ4n) is 5.81. The van der Waals surface area contributed by atoms with Crippen molar-refractivity contribution in [3.63, 3.8) is 0 Å². The number of carbonyl (C=O) groups is 5. The van der Waals surface area contributed by atoms with E-state index in [9.17, 15) is 24.0 Å². The summed E-state index contributed by atoms with van der Waals surface area (Å²) >= 11 is 0. The Morgan fingerprint density at radius 1 is 0.667 bits per heavy atom. The van der Waals surface area contributed by atoms with Crippen molar-refractivity contribution >= 4 is 29.7 Å². The van der Waals surface area contributed by atoms with Crippen LogP contribution in [0, 0.1) is 11.3 Å². The van der Waals surface area contributed by atoms with Crippen LogP contribution in [0.25, 0.3) is 0 Å². The summed E-state index contributed by atoms with van der Waals surface area (Å²) in [5.41, 5.74) is -1.89. The molecular formula is C39H45NO8. The van der Waals surface area contributed by atoms with Crippen LogP contribution < -0.4 is 0 Å². The fraction of sp³-hybridized carbons (Fsp3) is 0.410. The Morgan fingerprint density at radius 3 is 1.69 bits per heavy atom. The molecule has 1 aliphatic rings. The van der Waals surface area contributed by atoms with Crippen LogP contribution in [0.3, 0.4) is 0 Å². The van der Waals surface area contributed by atoms with E-state index < -0.39 is 53.2 Å². The van der Waals surface area contributed by atoms with Gasteiger partial charge in [-0.05, 0) is 50.5 Å². The number of unbranched alkanes of at least 4 members (excludes halogenated alkanes) is 4. The lowest BCUT2D eigenvalue weighted by atomic mass is 9.71. The highest BCUT2D eigenvalue weighted by molar-refractivity contribution is 6.22. The fourth-order valence-corrected chi connectivity index (χ4v) is 5.81. The van der Waals surface area contributed by atoms with Crippen LogP contribution >= 0.6 is 0 Å². The van der Waals surface area contributed by atoms with E-state index in [1.807, 2.05) is 24.3 Å². The standard InChI is InChI=1S/C39H45NO8/c1-5-6-7-8-15-24-32(35(43)46-25-28-18-11-9-12-19-28)39(37(45)48-38(2,3)4,36(44)47-26-29-20-13-10-14-21-29)27-40-33(41)30-22-16-17-23-31(30)34(40)42/h9-14,16-23,32H,5-8,15,24-27H2,1-4H3/t32-,39?/m0/s1. The lowest BCUT2D eigenvalue weighted by molar-refractivity contribution is -0.192. The Balaban J connectivity index is 1.83. The molecule has 48 heavy (non-hydrogen) atoms. The number of hydrogen-bond donors (Lipinski definition) is 0. The van der Waals surface area contributed by atoms with Gasteiger partial charge in [0.25, 0.3) is 11.8 Å². The summed E-state index contributed by atoms with van der Waals surface area (Å²) in [7, 11) is 0. The highest BCUT2D eigenvalue weighted by Crippen LogP contribution is 2.41. The average molecular weight is 656 g/mol. The molecule has 1 heterocycles. The Kier molecular flexibility index (Phi) is 12.3. The molecule has 0 aromatic heterocycles.